The minimum absolute atomic E-state index is 0.233. The maximum absolute atomic E-state index is 12.1. The largest absolute Gasteiger partial charge is 0.329 e. The fourth-order valence-electron chi connectivity index (χ4n) is 3.18. The third-order valence-corrected chi connectivity index (χ3v) is 4.35. The van der Waals surface area contributed by atoms with Crippen molar-refractivity contribution in [3.63, 3.8) is 0 Å². The zero-order valence-electron chi connectivity index (χ0n) is 12.3. The number of nitrogens with one attached hydrogen (secondary N) is 2. The Hall–Kier alpha value is -2.41. The van der Waals surface area contributed by atoms with E-state index in [2.05, 4.69) is 27.9 Å². The lowest BCUT2D eigenvalue weighted by Crippen LogP contribution is -2.49. The van der Waals surface area contributed by atoms with Crippen LogP contribution in [0.15, 0.2) is 12.1 Å². The van der Waals surface area contributed by atoms with Crippen LogP contribution in [-0.4, -0.2) is 34.8 Å². The van der Waals surface area contributed by atoms with Gasteiger partial charge >= 0.3 is 6.03 Å². The highest BCUT2D eigenvalue weighted by molar-refractivity contribution is 6.08. The van der Waals surface area contributed by atoms with Gasteiger partial charge in [0.1, 0.15) is 0 Å². The molecule has 7 heteroatoms. The highest BCUT2D eigenvalue weighted by atomic mass is 16.2. The van der Waals surface area contributed by atoms with E-state index in [1.807, 2.05) is 7.05 Å². The zero-order chi connectivity index (χ0) is 15.3. The van der Waals surface area contributed by atoms with Crippen molar-refractivity contribution in [3.05, 3.63) is 23.3 Å². The lowest BCUT2D eigenvalue weighted by Gasteiger charge is -2.25. The molecule has 0 spiro atoms. The number of fused-ring (bicyclic) bond motifs is 2. The van der Waals surface area contributed by atoms with E-state index in [1.165, 1.54) is 11.1 Å². The van der Waals surface area contributed by atoms with Crippen LogP contribution in [0.3, 0.4) is 0 Å². The lowest BCUT2D eigenvalue weighted by atomic mass is 9.99. The summed E-state index contributed by atoms with van der Waals surface area (Å²) in [6.07, 6.45) is 1.31. The Bertz CT molecular complexity index is 795. The Labute approximate surface area is 127 Å². The Morgan fingerprint density at radius 3 is 2.86 bits per heavy atom. The predicted molar refractivity (Wildman–Crippen MR) is 81.6 cm³/mol. The summed E-state index contributed by atoms with van der Waals surface area (Å²) in [5.41, 5.74) is 3.60. The van der Waals surface area contributed by atoms with E-state index >= 15 is 0 Å². The molecule has 1 fully saturated rings. The van der Waals surface area contributed by atoms with E-state index in [1.54, 1.807) is 9.58 Å². The molecule has 0 aliphatic carbocycles. The van der Waals surface area contributed by atoms with Gasteiger partial charge in [-0.25, -0.2) is 4.79 Å². The molecule has 3 amide bonds. The van der Waals surface area contributed by atoms with Gasteiger partial charge in [0, 0.05) is 31.9 Å². The van der Waals surface area contributed by atoms with Crippen molar-refractivity contribution in [1.29, 1.82) is 0 Å². The van der Waals surface area contributed by atoms with Gasteiger partial charge in [-0.15, -0.1) is 0 Å². The first-order valence-electron chi connectivity index (χ1n) is 7.44. The Morgan fingerprint density at radius 1 is 1.18 bits per heavy atom. The van der Waals surface area contributed by atoms with E-state index in [0.29, 0.717) is 18.8 Å². The third-order valence-electron chi connectivity index (χ3n) is 4.35. The molecule has 0 atom stereocenters. The second kappa shape index (κ2) is 4.81. The van der Waals surface area contributed by atoms with Crippen molar-refractivity contribution < 1.29 is 9.59 Å². The first kappa shape index (κ1) is 13.3. The van der Waals surface area contributed by atoms with Crippen LogP contribution in [0.25, 0.3) is 10.9 Å². The molecule has 22 heavy (non-hydrogen) atoms. The number of aromatic nitrogens is 2. The number of anilines is 1. The summed E-state index contributed by atoms with van der Waals surface area (Å²) < 4.78 is 1.80. The van der Waals surface area contributed by atoms with Crippen LogP contribution >= 0.6 is 0 Å². The highest BCUT2D eigenvalue weighted by Crippen LogP contribution is 2.30. The van der Waals surface area contributed by atoms with Crippen molar-refractivity contribution in [2.75, 3.05) is 18.0 Å². The summed E-state index contributed by atoms with van der Waals surface area (Å²) in [4.78, 5) is 24.9. The number of carbonyl (C=O) groups excluding carboxylic acids is 2. The van der Waals surface area contributed by atoms with Crippen LogP contribution in [0.4, 0.5) is 10.6 Å². The molecule has 2 aromatic rings. The minimum atomic E-state index is -0.396. The number of hydrogen-bond acceptors (Lipinski definition) is 4. The number of hydrogen-bond donors (Lipinski definition) is 2. The minimum Gasteiger partial charge on any atom is -0.312 e. The molecule has 2 N–H and O–H groups in total. The van der Waals surface area contributed by atoms with Gasteiger partial charge in [-0.05, 0) is 36.2 Å². The first-order valence-corrected chi connectivity index (χ1v) is 7.44. The van der Waals surface area contributed by atoms with Gasteiger partial charge < -0.3 is 5.32 Å². The van der Waals surface area contributed by atoms with Crippen molar-refractivity contribution in [1.82, 2.24) is 20.4 Å². The van der Waals surface area contributed by atoms with Crippen LogP contribution in [0, 0.1) is 0 Å². The van der Waals surface area contributed by atoms with Crippen LogP contribution in [-0.2, 0) is 24.8 Å². The van der Waals surface area contributed by atoms with Gasteiger partial charge in [0.25, 0.3) is 0 Å². The number of aryl methyl sites for hydroxylation is 1. The summed E-state index contributed by atoms with van der Waals surface area (Å²) >= 11 is 0. The molecular formula is C15H17N5O2. The third kappa shape index (κ3) is 1.97. The van der Waals surface area contributed by atoms with Crippen molar-refractivity contribution in [3.8, 4) is 0 Å². The fraction of sp³-hybridized carbons (Fsp3) is 0.400. The van der Waals surface area contributed by atoms with Crippen LogP contribution in [0.1, 0.15) is 17.5 Å². The summed E-state index contributed by atoms with van der Waals surface area (Å²) in [5, 5.41) is 11.2. The van der Waals surface area contributed by atoms with Crippen LogP contribution in [0.2, 0.25) is 0 Å². The summed E-state index contributed by atoms with van der Waals surface area (Å²) in [6.45, 7) is 2.19. The van der Waals surface area contributed by atoms with E-state index in [-0.39, 0.29) is 5.91 Å². The predicted octanol–water partition coefficient (Wildman–Crippen LogP) is 0.665. The lowest BCUT2D eigenvalue weighted by molar-refractivity contribution is -0.120. The molecule has 3 heterocycles. The SMILES string of the molecule is Cn1nc(N2CCC(=O)NC2=O)c2cc3c(cc21)CCNC3. The monoisotopic (exact) mass is 299 g/mol. The zero-order valence-corrected chi connectivity index (χ0v) is 12.3. The van der Waals surface area contributed by atoms with E-state index in [4.69, 9.17) is 0 Å². The molecule has 0 unspecified atom stereocenters. The number of urea groups is 1. The maximum Gasteiger partial charge on any atom is 0.329 e. The van der Waals surface area contributed by atoms with Gasteiger partial charge in [-0.2, -0.15) is 5.10 Å². The molecule has 0 radical (unpaired) electrons. The molecule has 7 nitrogen and oxygen atoms in total. The topological polar surface area (TPSA) is 79.3 Å². The molecule has 2 aliphatic rings. The van der Waals surface area contributed by atoms with E-state index in [0.717, 1.165) is 30.4 Å². The maximum atomic E-state index is 12.1. The van der Waals surface area contributed by atoms with Gasteiger partial charge in [0.05, 0.1) is 5.52 Å². The van der Waals surface area contributed by atoms with Crippen molar-refractivity contribution >= 4 is 28.7 Å². The molecule has 2 aliphatic heterocycles. The van der Waals surface area contributed by atoms with Gasteiger partial charge in [-0.3, -0.25) is 19.7 Å². The van der Waals surface area contributed by atoms with Crippen molar-refractivity contribution in [2.24, 2.45) is 7.05 Å². The number of carbonyl (C=O) groups is 2. The quantitative estimate of drug-likeness (QED) is 0.811. The number of nitrogens with zero attached hydrogens (tertiary/aromatic N) is 3. The molecule has 1 aromatic carbocycles. The normalized spacial score (nSPS) is 18.5. The van der Waals surface area contributed by atoms with Crippen LogP contribution in [0.5, 0.6) is 0 Å². The standard InChI is InChI=1S/C15H17N5O2/c1-19-12-7-9-2-4-16-8-10(9)6-11(12)14(18-19)20-5-3-13(21)17-15(20)22/h6-7,16H,2-5,8H2,1H3,(H,17,21,22). The first-order chi connectivity index (χ1) is 10.6. The number of benzene rings is 1. The molecule has 4 rings (SSSR count). The molecule has 1 saturated heterocycles. The highest BCUT2D eigenvalue weighted by Gasteiger charge is 2.28. The molecular weight excluding hydrogens is 282 g/mol. The molecule has 114 valence electrons. The molecule has 0 bridgehead atoms. The van der Waals surface area contributed by atoms with Gasteiger partial charge in [-0.1, -0.05) is 0 Å². The second-order valence-electron chi connectivity index (χ2n) is 5.77. The van der Waals surface area contributed by atoms with Crippen LogP contribution < -0.4 is 15.5 Å². The summed E-state index contributed by atoms with van der Waals surface area (Å²) in [5.74, 6) is 0.388. The Balaban J connectivity index is 1.84. The number of imide groups is 1. The number of amides is 3. The van der Waals surface area contributed by atoms with E-state index in [9.17, 15) is 9.59 Å². The van der Waals surface area contributed by atoms with E-state index < -0.39 is 6.03 Å². The fourth-order valence-corrected chi connectivity index (χ4v) is 3.18. The average molecular weight is 299 g/mol. The van der Waals surface area contributed by atoms with Crippen molar-refractivity contribution in [2.45, 2.75) is 19.4 Å². The molecule has 1 aromatic heterocycles. The summed E-state index contributed by atoms with van der Waals surface area (Å²) in [7, 11) is 1.88. The van der Waals surface area contributed by atoms with Gasteiger partial charge in [0.15, 0.2) is 5.82 Å². The second-order valence-corrected chi connectivity index (χ2v) is 5.77. The van der Waals surface area contributed by atoms with Gasteiger partial charge in [0.2, 0.25) is 5.91 Å². The summed E-state index contributed by atoms with van der Waals surface area (Å²) in [6, 6.07) is 3.88. The smallest absolute Gasteiger partial charge is 0.312 e. The molecule has 0 saturated carbocycles. The average Bonchev–Trinajstić information content (AvgIpc) is 2.82. The number of rotatable bonds is 1. The Morgan fingerprint density at radius 2 is 2.05 bits per heavy atom. The Kier molecular flexibility index (Phi) is 2.90.